The number of benzene rings is 1. The summed E-state index contributed by atoms with van der Waals surface area (Å²) in [6.45, 7) is 2.25. The maximum absolute atomic E-state index is 13.7. The van der Waals surface area contributed by atoms with E-state index >= 15 is 0 Å². The fourth-order valence-corrected chi connectivity index (χ4v) is 1.80. The Kier molecular flexibility index (Phi) is 4.47. The highest BCUT2D eigenvalue weighted by Gasteiger charge is 2.07. The third-order valence-corrected chi connectivity index (χ3v) is 2.87. The van der Waals surface area contributed by atoms with Gasteiger partial charge in [0.2, 0.25) is 0 Å². The molecule has 0 bridgehead atoms. The summed E-state index contributed by atoms with van der Waals surface area (Å²) in [5, 5.41) is 0. The number of pyridine rings is 1. The zero-order valence-corrected chi connectivity index (χ0v) is 10.8. The fourth-order valence-electron chi connectivity index (χ4n) is 1.80. The highest BCUT2D eigenvalue weighted by Crippen LogP contribution is 2.20. The SMILES string of the molecule is C[C@@H](N)c1ccc(OCCc2ccncc2)cc1F. The van der Waals surface area contributed by atoms with Gasteiger partial charge in [0, 0.05) is 36.5 Å². The van der Waals surface area contributed by atoms with E-state index in [1.807, 2.05) is 12.1 Å². The van der Waals surface area contributed by atoms with Gasteiger partial charge in [-0.25, -0.2) is 4.39 Å². The normalized spacial score (nSPS) is 12.2. The second-order valence-electron chi connectivity index (χ2n) is 4.43. The lowest BCUT2D eigenvalue weighted by atomic mass is 10.1. The van der Waals surface area contributed by atoms with Crippen LogP contribution in [-0.2, 0) is 6.42 Å². The molecule has 0 aliphatic carbocycles. The van der Waals surface area contributed by atoms with Crippen molar-refractivity contribution in [1.82, 2.24) is 4.98 Å². The Morgan fingerprint density at radius 2 is 2.00 bits per heavy atom. The van der Waals surface area contributed by atoms with E-state index in [0.29, 0.717) is 17.9 Å². The van der Waals surface area contributed by atoms with Gasteiger partial charge in [-0.2, -0.15) is 0 Å². The lowest BCUT2D eigenvalue weighted by Crippen LogP contribution is -2.08. The Morgan fingerprint density at radius 3 is 2.63 bits per heavy atom. The van der Waals surface area contributed by atoms with Crippen molar-refractivity contribution in [2.45, 2.75) is 19.4 Å². The Labute approximate surface area is 112 Å². The molecule has 3 nitrogen and oxygen atoms in total. The predicted molar refractivity (Wildman–Crippen MR) is 72.4 cm³/mol. The van der Waals surface area contributed by atoms with Crippen LogP contribution in [0.4, 0.5) is 4.39 Å². The fraction of sp³-hybridized carbons (Fsp3) is 0.267. The highest BCUT2D eigenvalue weighted by molar-refractivity contribution is 5.30. The van der Waals surface area contributed by atoms with E-state index in [9.17, 15) is 4.39 Å². The van der Waals surface area contributed by atoms with Gasteiger partial charge in [-0.1, -0.05) is 6.07 Å². The maximum atomic E-state index is 13.7. The maximum Gasteiger partial charge on any atom is 0.131 e. The summed E-state index contributed by atoms with van der Waals surface area (Å²) < 4.78 is 19.2. The monoisotopic (exact) mass is 260 g/mol. The van der Waals surface area contributed by atoms with Crippen molar-refractivity contribution in [2.24, 2.45) is 5.73 Å². The molecule has 0 saturated carbocycles. The van der Waals surface area contributed by atoms with Gasteiger partial charge in [0.25, 0.3) is 0 Å². The molecule has 0 saturated heterocycles. The second-order valence-corrected chi connectivity index (χ2v) is 4.43. The average molecular weight is 260 g/mol. The van der Waals surface area contributed by atoms with Crippen molar-refractivity contribution in [2.75, 3.05) is 6.61 Å². The first-order valence-corrected chi connectivity index (χ1v) is 6.23. The summed E-state index contributed by atoms with van der Waals surface area (Å²) in [5.41, 5.74) is 7.30. The van der Waals surface area contributed by atoms with Gasteiger partial charge in [-0.3, -0.25) is 4.98 Å². The first-order valence-electron chi connectivity index (χ1n) is 6.23. The van der Waals surface area contributed by atoms with Crippen LogP contribution in [0.15, 0.2) is 42.7 Å². The molecule has 0 unspecified atom stereocenters. The Hall–Kier alpha value is -1.94. The number of nitrogens with zero attached hydrogens (tertiary/aromatic N) is 1. The third-order valence-electron chi connectivity index (χ3n) is 2.87. The minimum Gasteiger partial charge on any atom is -0.493 e. The van der Waals surface area contributed by atoms with E-state index in [2.05, 4.69) is 4.98 Å². The number of hydrogen-bond acceptors (Lipinski definition) is 3. The van der Waals surface area contributed by atoms with Crippen molar-refractivity contribution in [3.05, 3.63) is 59.7 Å². The van der Waals surface area contributed by atoms with E-state index in [1.54, 1.807) is 31.5 Å². The van der Waals surface area contributed by atoms with Crippen LogP contribution in [0.1, 0.15) is 24.1 Å². The van der Waals surface area contributed by atoms with Gasteiger partial charge in [0.1, 0.15) is 11.6 Å². The van der Waals surface area contributed by atoms with Crippen molar-refractivity contribution < 1.29 is 9.13 Å². The van der Waals surface area contributed by atoms with Crippen LogP contribution < -0.4 is 10.5 Å². The van der Waals surface area contributed by atoms with E-state index in [0.717, 1.165) is 12.0 Å². The molecule has 0 aliphatic rings. The summed E-state index contributed by atoms with van der Waals surface area (Å²) >= 11 is 0. The molecule has 1 atom stereocenters. The summed E-state index contributed by atoms with van der Waals surface area (Å²) in [6, 6.07) is 8.35. The van der Waals surface area contributed by atoms with Crippen LogP contribution in [0, 0.1) is 5.82 Å². The summed E-state index contributed by atoms with van der Waals surface area (Å²) in [4.78, 5) is 3.95. The van der Waals surface area contributed by atoms with Crippen molar-refractivity contribution in [3.63, 3.8) is 0 Å². The molecule has 1 aromatic carbocycles. The van der Waals surface area contributed by atoms with Crippen LogP contribution in [0.2, 0.25) is 0 Å². The molecular formula is C15H17FN2O. The standard InChI is InChI=1S/C15H17FN2O/c1-11(17)14-3-2-13(10-15(14)16)19-9-6-12-4-7-18-8-5-12/h2-5,7-8,10-11H,6,9,17H2,1H3/t11-/m1/s1. The number of rotatable bonds is 5. The summed E-state index contributed by atoms with van der Waals surface area (Å²) in [6.07, 6.45) is 4.25. The predicted octanol–water partition coefficient (Wildman–Crippen LogP) is 2.86. The molecule has 4 heteroatoms. The van der Waals surface area contributed by atoms with Crippen molar-refractivity contribution in [3.8, 4) is 5.75 Å². The van der Waals surface area contributed by atoms with Gasteiger partial charge in [-0.05, 0) is 30.7 Å². The van der Waals surface area contributed by atoms with Crippen LogP contribution in [0.25, 0.3) is 0 Å². The Bertz CT molecular complexity index is 529. The lowest BCUT2D eigenvalue weighted by Gasteiger charge is -2.10. The molecular weight excluding hydrogens is 243 g/mol. The van der Waals surface area contributed by atoms with Crippen LogP contribution >= 0.6 is 0 Å². The third kappa shape index (κ3) is 3.76. The minimum absolute atomic E-state index is 0.314. The van der Waals surface area contributed by atoms with Crippen LogP contribution in [0.5, 0.6) is 5.75 Å². The largest absolute Gasteiger partial charge is 0.493 e. The van der Waals surface area contributed by atoms with Crippen LogP contribution in [0.3, 0.4) is 0 Å². The van der Waals surface area contributed by atoms with Crippen molar-refractivity contribution in [1.29, 1.82) is 0 Å². The van der Waals surface area contributed by atoms with Crippen LogP contribution in [-0.4, -0.2) is 11.6 Å². The second kappa shape index (κ2) is 6.29. The highest BCUT2D eigenvalue weighted by atomic mass is 19.1. The molecule has 100 valence electrons. The number of ether oxygens (including phenoxy) is 1. The molecule has 2 N–H and O–H groups in total. The van der Waals surface area contributed by atoms with Gasteiger partial charge in [0.15, 0.2) is 0 Å². The molecule has 0 aliphatic heterocycles. The van der Waals surface area contributed by atoms with Gasteiger partial charge in [-0.15, -0.1) is 0 Å². The topological polar surface area (TPSA) is 48.1 Å². The first kappa shape index (κ1) is 13.5. The summed E-state index contributed by atoms with van der Waals surface area (Å²) in [7, 11) is 0. The first-order chi connectivity index (χ1) is 9.16. The zero-order chi connectivity index (χ0) is 13.7. The van der Waals surface area contributed by atoms with Gasteiger partial charge in [0.05, 0.1) is 6.61 Å². The zero-order valence-electron chi connectivity index (χ0n) is 10.8. The van der Waals surface area contributed by atoms with E-state index < -0.39 is 0 Å². The molecule has 19 heavy (non-hydrogen) atoms. The number of nitrogens with two attached hydrogens (primary N) is 1. The molecule has 2 aromatic rings. The molecule has 0 radical (unpaired) electrons. The molecule has 0 spiro atoms. The molecule has 0 fully saturated rings. The molecule has 1 aromatic heterocycles. The number of aromatic nitrogens is 1. The van der Waals surface area contributed by atoms with E-state index in [-0.39, 0.29) is 11.9 Å². The van der Waals surface area contributed by atoms with Crippen molar-refractivity contribution >= 4 is 0 Å². The average Bonchev–Trinajstić information content (AvgIpc) is 2.39. The Morgan fingerprint density at radius 1 is 1.26 bits per heavy atom. The number of hydrogen-bond donors (Lipinski definition) is 1. The van der Waals surface area contributed by atoms with E-state index in [1.165, 1.54) is 6.07 Å². The molecule has 0 amide bonds. The quantitative estimate of drug-likeness (QED) is 0.899. The minimum atomic E-state index is -0.323. The van der Waals surface area contributed by atoms with E-state index in [4.69, 9.17) is 10.5 Å². The Balaban J connectivity index is 1.92. The summed E-state index contributed by atoms with van der Waals surface area (Å²) in [5.74, 6) is 0.201. The smallest absolute Gasteiger partial charge is 0.131 e. The number of halogens is 1. The molecule has 1 heterocycles. The molecule has 2 rings (SSSR count). The lowest BCUT2D eigenvalue weighted by molar-refractivity contribution is 0.320. The van der Waals surface area contributed by atoms with Gasteiger partial charge < -0.3 is 10.5 Å². The van der Waals surface area contributed by atoms with Gasteiger partial charge >= 0.3 is 0 Å².